The van der Waals surface area contributed by atoms with Gasteiger partial charge in [0.25, 0.3) is 0 Å². The van der Waals surface area contributed by atoms with E-state index in [1.807, 2.05) is 6.92 Å². The molecule has 0 spiro atoms. The number of para-hydroxylation sites is 2. The normalized spacial score (nSPS) is 11.8. The van der Waals surface area contributed by atoms with Crippen LogP contribution in [0.15, 0.2) is 24.3 Å². The zero-order valence-electron chi connectivity index (χ0n) is 18.4. The van der Waals surface area contributed by atoms with Gasteiger partial charge in [-0.1, -0.05) is 77.3 Å². The highest BCUT2D eigenvalue weighted by molar-refractivity contribution is 7.87. The van der Waals surface area contributed by atoms with Gasteiger partial charge in [-0.3, -0.25) is 4.79 Å². The van der Waals surface area contributed by atoms with Crippen molar-refractivity contribution < 1.29 is 23.6 Å². The zero-order chi connectivity index (χ0) is 22.2. The maximum atomic E-state index is 13.0. The minimum atomic E-state index is -1.52. The number of nitrogens with zero attached hydrogens (tertiary/aromatic N) is 1. The number of rotatable bonds is 17. The van der Waals surface area contributed by atoms with Gasteiger partial charge in [-0.15, -0.1) is 0 Å². The van der Waals surface area contributed by atoms with Crippen molar-refractivity contribution in [1.82, 2.24) is 0 Å². The van der Waals surface area contributed by atoms with Crippen LogP contribution >= 0.6 is 0 Å². The molecule has 1 amide bonds. The summed E-state index contributed by atoms with van der Waals surface area (Å²) in [6, 6.07) is 6.70. The fourth-order valence-electron chi connectivity index (χ4n) is 3.11. The molecule has 1 unspecified atom stereocenters. The number of hydrogen-bond donors (Lipinski definition) is 1. The van der Waals surface area contributed by atoms with Crippen LogP contribution in [-0.2, 0) is 20.6 Å². The number of carboxylic acid groups (broad SMARTS) is 1. The van der Waals surface area contributed by atoms with Gasteiger partial charge in [-0.2, -0.15) is 0 Å². The monoisotopic (exact) mass is 439 g/mol. The van der Waals surface area contributed by atoms with Crippen molar-refractivity contribution in [2.45, 2.75) is 84.5 Å². The summed E-state index contributed by atoms with van der Waals surface area (Å²) in [4.78, 5) is 23.9. The first-order valence-electron chi connectivity index (χ1n) is 11.2. The number of aliphatic carboxylic acids is 1. The Morgan fingerprint density at radius 3 is 2.17 bits per heavy atom. The Balaban J connectivity index is 2.76. The molecule has 1 atom stereocenters. The molecule has 0 aliphatic rings. The van der Waals surface area contributed by atoms with Gasteiger partial charge < -0.3 is 9.84 Å². The molecule has 0 radical (unpaired) electrons. The van der Waals surface area contributed by atoms with Crippen molar-refractivity contribution in [3.8, 4) is 5.75 Å². The van der Waals surface area contributed by atoms with Crippen LogP contribution in [-0.4, -0.2) is 33.6 Å². The lowest BCUT2D eigenvalue weighted by Crippen LogP contribution is -2.34. The van der Waals surface area contributed by atoms with Crippen molar-refractivity contribution in [1.29, 1.82) is 0 Å². The van der Waals surface area contributed by atoms with Crippen LogP contribution < -0.4 is 9.04 Å². The smallest absolute Gasteiger partial charge is 0.341 e. The molecular formula is C23H37NO5S. The van der Waals surface area contributed by atoms with E-state index in [1.54, 1.807) is 24.3 Å². The summed E-state index contributed by atoms with van der Waals surface area (Å²) in [6.45, 7) is 3.69. The maximum Gasteiger partial charge on any atom is 0.341 e. The molecule has 0 saturated carbocycles. The van der Waals surface area contributed by atoms with Gasteiger partial charge in [0, 0.05) is 12.2 Å². The van der Waals surface area contributed by atoms with E-state index < -0.39 is 23.6 Å². The standard InChI is InChI=1S/C23H37NO5S/c1-3-5-7-8-9-10-11-12-17-22(25)24(30(28)18-6-4-2)20-15-13-14-16-21(20)29-19-23(26)27/h13-16H,3-12,17-19H2,1-2H3,(H,26,27). The molecule has 0 saturated heterocycles. The second-order valence-corrected chi connectivity index (χ2v) is 8.86. The first-order valence-corrected chi connectivity index (χ1v) is 12.4. The molecule has 7 heteroatoms. The Labute approximate surface area is 183 Å². The number of anilines is 1. The lowest BCUT2D eigenvalue weighted by molar-refractivity contribution is -0.139. The van der Waals surface area contributed by atoms with Crippen LogP contribution in [0, 0.1) is 0 Å². The fraction of sp³-hybridized carbons (Fsp3) is 0.652. The van der Waals surface area contributed by atoms with E-state index in [2.05, 4.69) is 6.92 Å². The topological polar surface area (TPSA) is 83.9 Å². The molecule has 30 heavy (non-hydrogen) atoms. The third kappa shape index (κ3) is 10.2. The van der Waals surface area contributed by atoms with Crippen LogP contribution in [0.3, 0.4) is 0 Å². The Morgan fingerprint density at radius 2 is 1.53 bits per heavy atom. The highest BCUT2D eigenvalue weighted by Crippen LogP contribution is 2.30. The molecule has 0 bridgehead atoms. The first kappa shape index (κ1) is 26.1. The first-order chi connectivity index (χ1) is 14.5. The number of benzene rings is 1. The molecule has 6 nitrogen and oxygen atoms in total. The van der Waals surface area contributed by atoms with Crippen LogP contribution in [0.2, 0.25) is 0 Å². The number of carboxylic acids is 1. The van der Waals surface area contributed by atoms with Crippen molar-refractivity contribution in [3.63, 3.8) is 0 Å². The van der Waals surface area contributed by atoms with E-state index in [1.165, 1.54) is 36.4 Å². The summed E-state index contributed by atoms with van der Waals surface area (Å²) in [6.07, 6.45) is 11.0. The number of ether oxygens (including phenoxy) is 1. The SMILES string of the molecule is CCCCCCCCCCC(=O)N(c1ccccc1OCC(=O)O)S(=O)CCCC. The quantitative estimate of drug-likeness (QED) is 0.325. The second kappa shape index (κ2) is 15.9. The molecule has 0 aliphatic carbocycles. The minimum absolute atomic E-state index is 0.207. The van der Waals surface area contributed by atoms with Gasteiger partial charge in [0.05, 0.1) is 5.69 Å². The molecule has 1 aromatic rings. The molecule has 1 rings (SSSR count). The summed E-state index contributed by atoms with van der Waals surface area (Å²) < 4.78 is 19.6. The lowest BCUT2D eigenvalue weighted by Gasteiger charge is -2.23. The molecular weight excluding hydrogens is 402 g/mol. The van der Waals surface area contributed by atoms with Gasteiger partial charge >= 0.3 is 5.97 Å². The van der Waals surface area contributed by atoms with E-state index in [-0.39, 0.29) is 11.7 Å². The zero-order valence-corrected chi connectivity index (χ0v) is 19.3. The second-order valence-electron chi connectivity index (χ2n) is 7.44. The fourth-order valence-corrected chi connectivity index (χ4v) is 4.52. The summed E-state index contributed by atoms with van der Waals surface area (Å²) in [5.41, 5.74) is 0.373. The van der Waals surface area contributed by atoms with Crippen molar-refractivity contribution in [2.24, 2.45) is 0 Å². The van der Waals surface area contributed by atoms with Crippen LogP contribution in [0.1, 0.15) is 84.5 Å². The molecule has 1 aromatic carbocycles. The average Bonchev–Trinajstić information content (AvgIpc) is 2.73. The molecule has 0 fully saturated rings. The summed E-state index contributed by atoms with van der Waals surface area (Å²) in [5.74, 6) is -0.669. The third-order valence-corrected chi connectivity index (χ3v) is 6.23. The molecule has 0 aliphatic heterocycles. The van der Waals surface area contributed by atoms with Crippen molar-refractivity contribution in [3.05, 3.63) is 24.3 Å². The highest BCUT2D eigenvalue weighted by atomic mass is 32.2. The van der Waals surface area contributed by atoms with E-state index in [4.69, 9.17) is 9.84 Å². The Morgan fingerprint density at radius 1 is 0.933 bits per heavy atom. The third-order valence-electron chi connectivity index (χ3n) is 4.78. The number of carbonyl (C=O) groups excluding carboxylic acids is 1. The maximum absolute atomic E-state index is 13.0. The molecule has 0 heterocycles. The lowest BCUT2D eigenvalue weighted by atomic mass is 10.1. The van der Waals surface area contributed by atoms with E-state index >= 15 is 0 Å². The summed E-state index contributed by atoms with van der Waals surface area (Å²) >= 11 is 0. The van der Waals surface area contributed by atoms with Crippen molar-refractivity contribution >= 4 is 28.5 Å². The number of amides is 1. The van der Waals surface area contributed by atoms with E-state index in [9.17, 15) is 13.8 Å². The summed E-state index contributed by atoms with van der Waals surface area (Å²) in [5, 5.41) is 8.91. The predicted octanol–water partition coefficient (Wildman–Crippen LogP) is 5.48. The molecule has 1 N–H and O–H groups in total. The minimum Gasteiger partial charge on any atom is -0.480 e. The van der Waals surface area contributed by atoms with Crippen LogP contribution in [0.4, 0.5) is 5.69 Å². The Hall–Kier alpha value is -1.89. The molecule has 170 valence electrons. The number of unbranched alkanes of at least 4 members (excludes halogenated alkanes) is 8. The van der Waals surface area contributed by atoms with Crippen molar-refractivity contribution in [2.75, 3.05) is 16.7 Å². The largest absolute Gasteiger partial charge is 0.480 e. The van der Waals surface area contributed by atoms with Gasteiger partial charge in [0.2, 0.25) is 5.91 Å². The average molecular weight is 440 g/mol. The predicted molar refractivity (Wildman–Crippen MR) is 122 cm³/mol. The molecule has 0 aromatic heterocycles. The van der Waals surface area contributed by atoms with Gasteiger partial charge in [-0.05, 0) is 25.0 Å². The van der Waals surface area contributed by atoms with Gasteiger partial charge in [0.15, 0.2) is 6.61 Å². The van der Waals surface area contributed by atoms with E-state index in [0.29, 0.717) is 17.9 Å². The van der Waals surface area contributed by atoms with Gasteiger partial charge in [0.1, 0.15) is 16.7 Å². The Kier molecular flexibility index (Phi) is 13.8. The number of carbonyl (C=O) groups is 2. The van der Waals surface area contributed by atoms with E-state index in [0.717, 1.165) is 32.1 Å². The Bertz CT molecular complexity index is 665. The van der Waals surface area contributed by atoms with Crippen LogP contribution in [0.25, 0.3) is 0 Å². The van der Waals surface area contributed by atoms with Gasteiger partial charge in [-0.25, -0.2) is 13.3 Å². The van der Waals surface area contributed by atoms with Crippen LogP contribution in [0.5, 0.6) is 5.75 Å². The number of hydrogen-bond acceptors (Lipinski definition) is 4. The summed E-state index contributed by atoms with van der Waals surface area (Å²) in [7, 11) is -1.52. The highest BCUT2D eigenvalue weighted by Gasteiger charge is 2.24.